The summed E-state index contributed by atoms with van der Waals surface area (Å²) in [5.41, 5.74) is 0.0713. The van der Waals surface area contributed by atoms with Crippen LogP contribution in [0.25, 0.3) is 6.08 Å². The van der Waals surface area contributed by atoms with Gasteiger partial charge in [0.1, 0.15) is 16.7 Å². The van der Waals surface area contributed by atoms with Gasteiger partial charge >= 0.3 is 0 Å². The van der Waals surface area contributed by atoms with Gasteiger partial charge in [0, 0.05) is 11.8 Å². The third kappa shape index (κ3) is 4.70. The zero-order chi connectivity index (χ0) is 18.6. The zero-order valence-corrected chi connectivity index (χ0v) is 14.6. The Kier molecular flexibility index (Phi) is 5.99. The lowest BCUT2D eigenvalue weighted by Crippen LogP contribution is -2.13. The van der Waals surface area contributed by atoms with Gasteiger partial charge in [0.25, 0.3) is 11.6 Å². The van der Waals surface area contributed by atoms with Crippen molar-refractivity contribution in [3.8, 4) is 6.07 Å². The summed E-state index contributed by atoms with van der Waals surface area (Å²) in [4.78, 5) is 22.4. The van der Waals surface area contributed by atoms with Gasteiger partial charge in [-0.1, -0.05) is 40.9 Å². The Labute approximate surface area is 157 Å². The molecule has 9 heteroatoms. The molecule has 2 aromatic carbocycles. The molecule has 126 valence electrons. The van der Waals surface area contributed by atoms with Crippen molar-refractivity contribution in [2.75, 3.05) is 5.32 Å². The van der Waals surface area contributed by atoms with E-state index in [4.69, 9.17) is 34.8 Å². The Hall–Kier alpha value is -2.59. The third-order valence-electron chi connectivity index (χ3n) is 3.02. The Morgan fingerprint density at radius 1 is 1.12 bits per heavy atom. The predicted octanol–water partition coefficient (Wildman–Crippen LogP) is 5.10. The van der Waals surface area contributed by atoms with Gasteiger partial charge in [0.2, 0.25) is 0 Å². The topological polar surface area (TPSA) is 96.0 Å². The maximum absolute atomic E-state index is 12.2. The average Bonchev–Trinajstić information content (AvgIpc) is 2.57. The van der Waals surface area contributed by atoms with Crippen LogP contribution in [0.3, 0.4) is 0 Å². The Morgan fingerprint density at radius 2 is 1.80 bits per heavy atom. The maximum Gasteiger partial charge on any atom is 0.289 e. The lowest BCUT2D eigenvalue weighted by atomic mass is 10.1. The highest BCUT2D eigenvalue weighted by atomic mass is 35.5. The average molecular weight is 397 g/mol. The fourth-order valence-corrected chi connectivity index (χ4v) is 2.34. The first kappa shape index (κ1) is 18.7. The third-order valence-corrected chi connectivity index (χ3v) is 4.08. The molecule has 0 atom stereocenters. The Morgan fingerprint density at radius 3 is 2.40 bits per heavy atom. The summed E-state index contributed by atoms with van der Waals surface area (Å²) in [5, 5.41) is 23.0. The molecule has 2 rings (SSSR count). The van der Waals surface area contributed by atoms with Crippen LogP contribution in [0.4, 0.5) is 11.4 Å². The van der Waals surface area contributed by atoms with Crippen LogP contribution in [-0.2, 0) is 4.79 Å². The van der Waals surface area contributed by atoms with E-state index in [1.54, 1.807) is 12.1 Å². The minimum Gasteiger partial charge on any atom is -0.321 e. The summed E-state index contributed by atoms with van der Waals surface area (Å²) in [6.07, 6.45) is 1.32. The number of benzene rings is 2. The standard InChI is InChI=1S/C16H8Cl3N3O3/c17-12-3-1-9(6-14(12)19)5-10(8-20)16(23)21-11-2-4-13(18)15(7-11)22(24)25/h1-7H,(H,21,23)/b10-5+. The van der Waals surface area contributed by atoms with Crippen molar-refractivity contribution in [1.29, 1.82) is 5.26 Å². The summed E-state index contributed by atoms with van der Waals surface area (Å²) >= 11 is 17.4. The van der Waals surface area contributed by atoms with Crippen molar-refractivity contribution in [2.24, 2.45) is 0 Å². The van der Waals surface area contributed by atoms with E-state index in [0.717, 1.165) is 6.07 Å². The molecule has 0 aliphatic rings. The van der Waals surface area contributed by atoms with E-state index in [1.165, 1.54) is 30.3 Å². The highest BCUT2D eigenvalue weighted by molar-refractivity contribution is 6.42. The second kappa shape index (κ2) is 7.99. The molecule has 0 bridgehead atoms. The lowest BCUT2D eigenvalue weighted by Gasteiger charge is -2.05. The number of hydrogen-bond acceptors (Lipinski definition) is 4. The van der Waals surface area contributed by atoms with Crippen LogP contribution in [0, 0.1) is 21.4 Å². The normalized spacial score (nSPS) is 10.9. The molecular weight excluding hydrogens is 389 g/mol. The molecule has 0 aliphatic carbocycles. The van der Waals surface area contributed by atoms with Gasteiger partial charge in [0.15, 0.2) is 0 Å². The van der Waals surface area contributed by atoms with E-state index >= 15 is 0 Å². The predicted molar refractivity (Wildman–Crippen MR) is 96.8 cm³/mol. The van der Waals surface area contributed by atoms with E-state index in [9.17, 15) is 20.2 Å². The molecule has 1 N–H and O–H groups in total. The smallest absolute Gasteiger partial charge is 0.289 e. The Bertz CT molecular complexity index is 936. The number of anilines is 1. The summed E-state index contributed by atoms with van der Waals surface area (Å²) in [7, 11) is 0. The first-order chi connectivity index (χ1) is 11.8. The number of nitrogens with one attached hydrogen (secondary N) is 1. The summed E-state index contributed by atoms with van der Waals surface area (Å²) < 4.78 is 0. The summed E-state index contributed by atoms with van der Waals surface area (Å²) in [5.74, 6) is -0.731. The highest BCUT2D eigenvalue weighted by Gasteiger charge is 2.15. The van der Waals surface area contributed by atoms with E-state index in [0.29, 0.717) is 10.6 Å². The molecule has 0 aromatic heterocycles. The summed E-state index contributed by atoms with van der Waals surface area (Å²) in [6.45, 7) is 0. The van der Waals surface area contributed by atoms with E-state index in [2.05, 4.69) is 5.32 Å². The number of nitro groups is 1. The molecule has 0 aliphatic heterocycles. The van der Waals surface area contributed by atoms with Gasteiger partial charge in [-0.15, -0.1) is 0 Å². The second-order valence-corrected chi connectivity index (χ2v) is 5.94. The first-order valence-corrected chi connectivity index (χ1v) is 7.77. The number of nitrogens with zero attached hydrogens (tertiary/aromatic N) is 2. The number of nitro benzene ring substituents is 1. The fraction of sp³-hybridized carbons (Fsp3) is 0. The van der Waals surface area contributed by atoms with Crippen LogP contribution < -0.4 is 5.32 Å². The largest absolute Gasteiger partial charge is 0.321 e. The highest BCUT2D eigenvalue weighted by Crippen LogP contribution is 2.28. The summed E-state index contributed by atoms with van der Waals surface area (Å²) in [6, 6.07) is 10.2. The van der Waals surface area contributed by atoms with Crippen LogP contribution in [0.15, 0.2) is 42.0 Å². The molecule has 0 fully saturated rings. The van der Waals surface area contributed by atoms with Gasteiger partial charge in [-0.25, -0.2) is 0 Å². The van der Waals surface area contributed by atoms with Crippen molar-refractivity contribution in [2.45, 2.75) is 0 Å². The van der Waals surface area contributed by atoms with Crippen LogP contribution >= 0.6 is 34.8 Å². The molecule has 1 amide bonds. The molecule has 6 nitrogen and oxygen atoms in total. The molecule has 0 saturated heterocycles. The molecule has 25 heavy (non-hydrogen) atoms. The van der Waals surface area contributed by atoms with Gasteiger partial charge in [-0.2, -0.15) is 5.26 Å². The minimum absolute atomic E-state index is 0.0603. The van der Waals surface area contributed by atoms with Crippen molar-refractivity contribution >= 4 is 58.2 Å². The van der Waals surface area contributed by atoms with Gasteiger partial charge in [-0.3, -0.25) is 14.9 Å². The molecule has 0 saturated carbocycles. The first-order valence-electron chi connectivity index (χ1n) is 6.64. The van der Waals surface area contributed by atoms with Crippen LogP contribution in [0.5, 0.6) is 0 Å². The molecule has 0 unspecified atom stereocenters. The second-order valence-electron chi connectivity index (χ2n) is 4.72. The number of nitriles is 1. The number of carbonyl (C=O) groups excluding carboxylic acids is 1. The van der Waals surface area contributed by atoms with Gasteiger partial charge in [-0.05, 0) is 35.9 Å². The monoisotopic (exact) mass is 395 g/mol. The SMILES string of the molecule is N#C/C(=C\c1ccc(Cl)c(Cl)c1)C(=O)Nc1ccc(Cl)c([N+](=O)[O-])c1. The molecule has 0 spiro atoms. The number of halogens is 3. The van der Waals surface area contributed by atoms with Crippen LogP contribution in [-0.4, -0.2) is 10.8 Å². The van der Waals surface area contributed by atoms with Crippen molar-refractivity contribution in [3.63, 3.8) is 0 Å². The van der Waals surface area contributed by atoms with Gasteiger partial charge in [0.05, 0.1) is 15.0 Å². The van der Waals surface area contributed by atoms with Crippen molar-refractivity contribution < 1.29 is 9.72 Å². The number of carbonyl (C=O) groups is 1. The van der Waals surface area contributed by atoms with Gasteiger partial charge < -0.3 is 5.32 Å². The Balaban J connectivity index is 2.27. The lowest BCUT2D eigenvalue weighted by molar-refractivity contribution is -0.384. The number of hydrogen-bond donors (Lipinski definition) is 1. The van der Waals surface area contributed by atoms with E-state index in [1.807, 2.05) is 0 Å². The maximum atomic E-state index is 12.2. The molecule has 2 aromatic rings. The van der Waals surface area contributed by atoms with E-state index in [-0.39, 0.29) is 27.0 Å². The van der Waals surface area contributed by atoms with Crippen LogP contribution in [0.1, 0.15) is 5.56 Å². The number of amides is 1. The van der Waals surface area contributed by atoms with Crippen LogP contribution in [0.2, 0.25) is 15.1 Å². The number of rotatable bonds is 4. The molecule has 0 heterocycles. The fourth-order valence-electron chi connectivity index (χ4n) is 1.85. The molecular formula is C16H8Cl3N3O3. The van der Waals surface area contributed by atoms with E-state index < -0.39 is 10.8 Å². The van der Waals surface area contributed by atoms with Crippen molar-refractivity contribution in [1.82, 2.24) is 0 Å². The minimum atomic E-state index is -0.731. The zero-order valence-electron chi connectivity index (χ0n) is 12.3. The van der Waals surface area contributed by atoms with Crippen molar-refractivity contribution in [3.05, 3.63) is 72.7 Å². The quantitative estimate of drug-likeness (QED) is 0.336. The molecule has 0 radical (unpaired) electrons.